The van der Waals surface area contributed by atoms with Gasteiger partial charge in [-0.3, -0.25) is 14.4 Å². The van der Waals surface area contributed by atoms with E-state index in [1.807, 2.05) is 24.3 Å². The van der Waals surface area contributed by atoms with Crippen molar-refractivity contribution in [3.05, 3.63) is 24.3 Å². The van der Waals surface area contributed by atoms with Crippen molar-refractivity contribution in [2.45, 2.75) is 36.3 Å². The molecule has 0 bridgehead atoms. The Balaban J connectivity index is 1.60. The standard InChI is InChI=1S/C18H22N2O4S/c1-2-24-18(23)12-6-5-9-20(11-12)16(21)10-15-17(22)19-13-7-3-4-8-14(13)25-15/h3-4,7-8,12,15H,2,5-6,9-11H2,1H3,(H,19,22)/t12-,15-/m1/s1. The summed E-state index contributed by atoms with van der Waals surface area (Å²) in [6.45, 7) is 3.14. The van der Waals surface area contributed by atoms with E-state index in [9.17, 15) is 14.4 Å². The summed E-state index contributed by atoms with van der Waals surface area (Å²) in [5, 5.41) is 2.42. The molecular weight excluding hydrogens is 340 g/mol. The average Bonchev–Trinajstić information content (AvgIpc) is 2.62. The number of carbonyl (C=O) groups is 3. The Hall–Kier alpha value is -2.02. The molecule has 0 radical (unpaired) electrons. The van der Waals surface area contributed by atoms with E-state index >= 15 is 0 Å². The highest BCUT2D eigenvalue weighted by Crippen LogP contribution is 2.37. The number of piperidine rings is 1. The van der Waals surface area contributed by atoms with Crippen molar-refractivity contribution in [2.24, 2.45) is 5.92 Å². The van der Waals surface area contributed by atoms with Crippen LogP contribution in [0.1, 0.15) is 26.2 Å². The van der Waals surface area contributed by atoms with Gasteiger partial charge in [0.25, 0.3) is 0 Å². The number of ether oxygens (including phenoxy) is 1. The largest absolute Gasteiger partial charge is 0.466 e. The van der Waals surface area contributed by atoms with Gasteiger partial charge in [-0.05, 0) is 31.9 Å². The lowest BCUT2D eigenvalue weighted by atomic mass is 9.98. The third-order valence-electron chi connectivity index (χ3n) is 4.46. The molecule has 1 saturated heterocycles. The predicted octanol–water partition coefficient (Wildman–Crippen LogP) is 2.29. The monoisotopic (exact) mass is 362 g/mol. The van der Waals surface area contributed by atoms with Crippen LogP contribution in [-0.4, -0.2) is 47.6 Å². The van der Waals surface area contributed by atoms with Crippen molar-refractivity contribution in [3.63, 3.8) is 0 Å². The zero-order chi connectivity index (χ0) is 17.8. The van der Waals surface area contributed by atoms with E-state index in [4.69, 9.17) is 4.74 Å². The molecule has 1 N–H and O–H groups in total. The van der Waals surface area contributed by atoms with Gasteiger partial charge in [-0.25, -0.2) is 0 Å². The smallest absolute Gasteiger partial charge is 0.310 e. The fraction of sp³-hybridized carbons (Fsp3) is 0.500. The normalized spacial score (nSPS) is 22.8. The van der Waals surface area contributed by atoms with Crippen LogP contribution in [0.25, 0.3) is 0 Å². The molecule has 25 heavy (non-hydrogen) atoms. The lowest BCUT2D eigenvalue weighted by Gasteiger charge is -2.33. The van der Waals surface area contributed by atoms with Crippen LogP contribution in [0.4, 0.5) is 5.69 Å². The first-order valence-electron chi connectivity index (χ1n) is 8.59. The molecular formula is C18H22N2O4S. The van der Waals surface area contributed by atoms with Gasteiger partial charge in [0.15, 0.2) is 0 Å². The fourth-order valence-electron chi connectivity index (χ4n) is 3.17. The van der Waals surface area contributed by atoms with Crippen LogP contribution < -0.4 is 5.32 Å². The van der Waals surface area contributed by atoms with Crippen LogP contribution in [0.3, 0.4) is 0 Å². The van der Waals surface area contributed by atoms with Crippen molar-refractivity contribution in [3.8, 4) is 0 Å². The number of thioether (sulfide) groups is 1. The van der Waals surface area contributed by atoms with E-state index in [1.165, 1.54) is 11.8 Å². The first-order chi connectivity index (χ1) is 12.1. The second-order valence-corrected chi connectivity index (χ2v) is 7.47. The van der Waals surface area contributed by atoms with Crippen molar-refractivity contribution in [1.82, 2.24) is 4.90 Å². The number of carbonyl (C=O) groups excluding carboxylic acids is 3. The summed E-state index contributed by atoms with van der Waals surface area (Å²) in [5.74, 6) is -0.720. The van der Waals surface area contributed by atoms with Gasteiger partial charge in [0.1, 0.15) is 0 Å². The minimum atomic E-state index is -0.439. The van der Waals surface area contributed by atoms with Gasteiger partial charge in [-0.1, -0.05) is 12.1 Å². The Labute approximate surface area is 151 Å². The highest BCUT2D eigenvalue weighted by atomic mass is 32.2. The molecule has 2 heterocycles. The molecule has 3 rings (SSSR count). The molecule has 1 aromatic rings. The molecule has 2 atom stereocenters. The number of para-hydroxylation sites is 1. The Morgan fingerprint density at radius 3 is 2.96 bits per heavy atom. The summed E-state index contributed by atoms with van der Waals surface area (Å²) in [6, 6.07) is 7.58. The second kappa shape index (κ2) is 7.91. The molecule has 0 saturated carbocycles. The van der Waals surface area contributed by atoms with Gasteiger partial charge in [-0.15, -0.1) is 11.8 Å². The van der Waals surface area contributed by atoms with Crippen molar-refractivity contribution >= 4 is 35.2 Å². The van der Waals surface area contributed by atoms with E-state index in [-0.39, 0.29) is 30.1 Å². The molecule has 2 amide bonds. The minimum absolute atomic E-state index is 0.0824. The van der Waals surface area contributed by atoms with Crippen LogP contribution in [0, 0.1) is 5.92 Å². The van der Waals surface area contributed by atoms with Gasteiger partial charge in [0.2, 0.25) is 11.8 Å². The molecule has 2 aliphatic heterocycles. The van der Waals surface area contributed by atoms with Crippen molar-refractivity contribution < 1.29 is 19.1 Å². The van der Waals surface area contributed by atoms with E-state index in [0.717, 1.165) is 23.4 Å². The number of hydrogen-bond donors (Lipinski definition) is 1. The van der Waals surface area contributed by atoms with E-state index in [1.54, 1.807) is 11.8 Å². The minimum Gasteiger partial charge on any atom is -0.466 e. The molecule has 7 heteroatoms. The van der Waals surface area contributed by atoms with Crippen LogP contribution in [0.15, 0.2) is 29.2 Å². The number of esters is 1. The SMILES string of the molecule is CCOC(=O)[C@@H]1CCCN(C(=O)C[C@H]2Sc3ccccc3NC2=O)C1. The molecule has 0 spiro atoms. The zero-order valence-corrected chi connectivity index (χ0v) is 15.0. The first-order valence-corrected chi connectivity index (χ1v) is 9.47. The summed E-state index contributed by atoms with van der Waals surface area (Å²) in [6.07, 6.45) is 1.66. The molecule has 1 fully saturated rings. The number of nitrogens with one attached hydrogen (secondary N) is 1. The Morgan fingerprint density at radius 1 is 1.36 bits per heavy atom. The van der Waals surface area contributed by atoms with E-state index in [2.05, 4.69) is 5.32 Å². The third-order valence-corrected chi connectivity index (χ3v) is 5.74. The Bertz CT molecular complexity index is 679. The van der Waals surface area contributed by atoms with Gasteiger partial charge >= 0.3 is 5.97 Å². The number of likely N-dealkylation sites (tertiary alicyclic amines) is 1. The van der Waals surface area contributed by atoms with Crippen LogP contribution in [0.2, 0.25) is 0 Å². The van der Waals surface area contributed by atoms with Gasteiger partial charge in [-0.2, -0.15) is 0 Å². The van der Waals surface area contributed by atoms with Gasteiger partial charge in [0.05, 0.1) is 23.5 Å². The topological polar surface area (TPSA) is 75.7 Å². The molecule has 0 aromatic heterocycles. The number of nitrogens with zero attached hydrogens (tertiary/aromatic N) is 1. The first kappa shape index (κ1) is 17.8. The lowest BCUT2D eigenvalue weighted by Crippen LogP contribution is -2.44. The molecule has 0 aliphatic carbocycles. The van der Waals surface area contributed by atoms with Crippen LogP contribution in [-0.2, 0) is 19.1 Å². The molecule has 2 aliphatic rings. The Kier molecular flexibility index (Phi) is 5.63. The molecule has 0 unspecified atom stereocenters. The maximum atomic E-state index is 12.6. The number of hydrogen-bond acceptors (Lipinski definition) is 5. The van der Waals surface area contributed by atoms with Crippen LogP contribution in [0.5, 0.6) is 0 Å². The lowest BCUT2D eigenvalue weighted by molar-refractivity contribution is -0.151. The highest BCUT2D eigenvalue weighted by molar-refractivity contribution is 8.01. The Morgan fingerprint density at radius 2 is 2.16 bits per heavy atom. The van der Waals surface area contributed by atoms with E-state index < -0.39 is 5.25 Å². The summed E-state index contributed by atoms with van der Waals surface area (Å²) in [5.41, 5.74) is 0.793. The van der Waals surface area contributed by atoms with E-state index in [0.29, 0.717) is 19.7 Å². The third kappa shape index (κ3) is 4.15. The number of rotatable bonds is 4. The molecule has 1 aromatic carbocycles. The maximum Gasteiger partial charge on any atom is 0.310 e. The van der Waals surface area contributed by atoms with Crippen LogP contribution >= 0.6 is 11.8 Å². The van der Waals surface area contributed by atoms with Crippen molar-refractivity contribution in [1.29, 1.82) is 0 Å². The van der Waals surface area contributed by atoms with Gasteiger partial charge in [0, 0.05) is 24.4 Å². The summed E-state index contributed by atoms with van der Waals surface area (Å²) in [4.78, 5) is 39.5. The summed E-state index contributed by atoms with van der Waals surface area (Å²) in [7, 11) is 0. The van der Waals surface area contributed by atoms with Crippen molar-refractivity contribution in [2.75, 3.05) is 25.0 Å². The average molecular weight is 362 g/mol. The number of amides is 2. The molecule has 6 nitrogen and oxygen atoms in total. The maximum absolute atomic E-state index is 12.6. The highest BCUT2D eigenvalue weighted by Gasteiger charge is 2.33. The van der Waals surface area contributed by atoms with Gasteiger partial charge < -0.3 is 15.0 Å². The predicted molar refractivity (Wildman–Crippen MR) is 95.3 cm³/mol. The zero-order valence-electron chi connectivity index (χ0n) is 14.2. The summed E-state index contributed by atoms with van der Waals surface area (Å²) >= 11 is 1.42. The fourth-order valence-corrected chi connectivity index (χ4v) is 4.27. The molecule has 134 valence electrons. The second-order valence-electron chi connectivity index (χ2n) is 6.23. The summed E-state index contributed by atoms with van der Waals surface area (Å²) < 4.78 is 5.07. The number of fused-ring (bicyclic) bond motifs is 1. The number of anilines is 1. The quantitative estimate of drug-likeness (QED) is 0.832. The number of benzene rings is 1.